The van der Waals surface area contributed by atoms with E-state index < -0.39 is 0 Å². The van der Waals surface area contributed by atoms with Crippen molar-refractivity contribution < 1.29 is 9.90 Å². The zero-order valence-corrected chi connectivity index (χ0v) is 14.8. The maximum Gasteiger partial charge on any atom is 0.244 e. The molecule has 1 atom stereocenters. The number of hydrogen-bond acceptors (Lipinski definition) is 6. The molecule has 0 bridgehead atoms. The summed E-state index contributed by atoms with van der Waals surface area (Å²) < 4.78 is 0. The van der Waals surface area contributed by atoms with Crippen molar-refractivity contribution in [1.29, 1.82) is 0 Å². The number of anilines is 1. The van der Waals surface area contributed by atoms with Gasteiger partial charge >= 0.3 is 0 Å². The van der Waals surface area contributed by atoms with Crippen LogP contribution in [-0.4, -0.2) is 40.6 Å². The highest BCUT2D eigenvalue weighted by molar-refractivity contribution is 7.11. The first-order valence-corrected chi connectivity index (χ1v) is 9.28. The molecule has 25 heavy (non-hydrogen) atoms. The number of nitrogens with zero attached hydrogens (tertiary/aromatic N) is 3. The molecule has 1 aliphatic rings. The molecule has 2 N–H and O–H groups in total. The van der Waals surface area contributed by atoms with Crippen LogP contribution in [0.3, 0.4) is 0 Å². The van der Waals surface area contributed by atoms with Crippen LogP contribution in [0, 0.1) is 5.92 Å². The molecule has 3 heterocycles. The fourth-order valence-corrected chi connectivity index (χ4v) is 3.69. The number of rotatable bonds is 6. The summed E-state index contributed by atoms with van der Waals surface area (Å²) in [6, 6.07) is 3.70. The quantitative estimate of drug-likeness (QED) is 0.773. The fraction of sp³-hybridized carbons (Fsp3) is 0.389. The number of carbonyl (C=O) groups excluding carboxylic acids is 1. The molecule has 3 rings (SSSR count). The number of aromatic nitrogens is 2. The number of thiophene rings is 1. The standard InChI is InChI=1S/C18H22N4O2S/c23-12-15-9-16(25-13-15)4-5-17(24)21-10-14-3-1-8-22(11-14)18-19-6-2-7-20-18/h2,4-7,9,13-14,23H,1,3,8,10-12H2,(H,21,24). The second-order valence-electron chi connectivity index (χ2n) is 6.10. The van der Waals surface area contributed by atoms with Crippen LogP contribution in [0.25, 0.3) is 6.08 Å². The lowest BCUT2D eigenvalue weighted by Gasteiger charge is -2.32. The van der Waals surface area contributed by atoms with Crippen LogP contribution < -0.4 is 10.2 Å². The lowest BCUT2D eigenvalue weighted by atomic mass is 9.98. The largest absolute Gasteiger partial charge is 0.392 e. The Kier molecular flexibility index (Phi) is 6.14. The van der Waals surface area contributed by atoms with Gasteiger partial charge in [-0.2, -0.15) is 0 Å². The van der Waals surface area contributed by atoms with Crippen LogP contribution in [0.4, 0.5) is 5.95 Å². The molecule has 2 aromatic heterocycles. The Balaban J connectivity index is 1.46. The Morgan fingerprint density at radius 1 is 1.44 bits per heavy atom. The second kappa shape index (κ2) is 8.73. The Morgan fingerprint density at radius 3 is 3.04 bits per heavy atom. The maximum atomic E-state index is 12.0. The summed E-state index contributed by atoms with van der Waals surface area (Å²) in [6.07, 6.45) is 9.01. The molecule has 0 radical (unpaired) electrons. The first-order chi connectivity index (χ1) is 12.2. The second-order valence-corrected chi connectivity index (χ2v) is 7.04. The topological polar surface area (TPSA) is 78.4 Å². The average molecular weight is 358 g/mol. The van der Waals surface area contributed by atoms with Gasteiger partial charge in [-0.15, -0.1) is 11.3 Å². The number of aliphatic hydroxyl groups excluding tert-OH is 1. The summed E-state index contributed by atoms with van der Waals surface area (Å²) in [5.41, 5.74) is 0.871. The van der Waals surface area contributed by atoms with Gasteiger partial charge in [0.1, 0.15) is 0 Å². The van der Waals surface area contributed by atoms with Gasteiger partial charge in [-0.3, -0.25) is 4.79 Å². The van der Waals surface area contributed by atoms with Gasteiger partial charge in [-0.05, 0) is 47.9 Å². The van der Waals surface area contributed by atoms with Gasteiger partial charge in [-0.1, -0.05) is 0 Å². The van der Waals surface area contributed by atoms with E-state index in [2.05, 4.69) is 20.2 Å². The van der Waals surface area contributed by atoms with E-state index >= 15 is 0 Å². The van der Waals surface area contributed by atoms with Crippen LogP contribution in [0.15, 0.2) is 36.0 Å². The molecule has 0 aromatic carbocycles. The molecule has 7 heteroatoms. The summed E-state index contributed by atoms with van der Waals surface area (Å²) in [5.74, 6) is 1.07. The van der Waals surface area contributed by atoms with E-state index in [1.165, 1.54) is 11.3 Å². The number of amides is 1. The van der Waals surface area contributed by atoms with Gasteiger partial charge in [0.25, 0.3) is 0 Å². The monoisotopic (exact) mass is 358 g/mol. The molecule has 1 unspecified atom stereocenters. The minimum atomic E-state index is -0.0907. The third-order valence-corrected chi connectivity index (χ3v) is 5.12. The van der Waals surface area contributed by atoms with Crippen LogP contribution in [0.1, 0.15) is 23.3 Å². The highest BCUT2D eigenvalue weighted by atomic mass is 32.1. The Bertz CT molecular complexity index is 717. The number of hydrogen-bond donors (Lipinski definition) is 2. The first kappa shape index (κ1) is 17.6. The van der Waals surface area contributed by atoms with Gasteiger partial charge in [-0.25, -0.2) is 9.97 Å². The third-order valence-electron chi connectivity index (χ3n) is 4.17. The van der Waals surface area contributed by atoms with Gasteiger partial charge in [0.05, 0.1) is 6.61 Å². The highest BCUT2D eigenvalue weighted by Crippen LogP contribution is 2.19. The van der Waals surface area contributed by atoms with Gasteiger partial charge in [0, 0.05) is 43.0 Å². The van der Waals surface area contributed by atoms with Gasteiger partial charge in [0.15, 0.2) is 0 Å². The van der Waals surface area contributed by atoms with E-state index in [-0.39, 0.29) is 12.5 Å². The molecule has 1 aliphatic heterocycles. The summed E-state index contributed by atoms with van der Waals surface area (Å²) in [7, 11) is 0. The Morgan fingerprint density at radius 2 is 2.28 bits per heavy atom. The van der Waals surface area contributed by atoms with Gasteiger partial charge < -0.3 is 15.3 Å². The summed E-state index contributed by atoms with van der Waals surface area (Å²) in [5, 5.41) is 13.9. The molecule has 0 spiro atoms. The predicted molar refractivity (Wildman–Crippen MR) is 99.3 cm³/mol. The van der Waals surface area contributed by atoms with E-state index in [4.69, 9.17) is 5.11 Å². The number of piperidine rings is 1. The average Bonchev–Trinajstić information content (AvgIpc) is 3.14. The van der Waals surface area contributed by atoms with Crippen LogP contribution >= 0.6 is 11.3 Å². The summed E-state index contributed by atoms with van der Waals surface area (Å²) in [4.78, 5) is 23.8. The lowest BCUT2D eigenvalue weighted by molar-refractivity contribution is -0.116. The minimum absolute atomic E-state index is 0.0276. The molecular formula is C18H22N4O2S. The van der Waals surface area contributed by atoms with Crippen LogP contribution in [0.2, 0.25) is 0 Å². The summed E-state index contributed by atoms with van der Waals surface area (Å²) in [6.45, 7) is 2.50. The minimum Gasteiger partial charge on any atom is -0.392 e. The molecule has 1 fully saturated rings. The van der Waals surface area contributed by atoms with Crippen molar-refractivity contribution in [2.45, 2.75) is 19.4 Å². The SMILES string of the molecule is O=C(C=Cc1cc(CO)cs1)NCC1CCCN(c2ncccn2)C1. The highest BCUT2D eigenvalue weighted by Gasteiger charge is 2.21. The molecule has 0 saturated carbocycles. The third kappa shape index (κ3) is 5.11. The van der Waals surface area contributed by atoms with Crippen LogP contribution in [0.5, 0.6) is 0 Å². The van der Waals surface area contributed by atoms with Crippen molar-refractivity contribution in [1.82, 2.24) is 15.3 Å². The zero-order valence-electron chi connectivity index (χ0n) is 14.0. The first-order valence-electron chi connectivity index (χ1n) is 8.41. The molecule has 1 saturated heterocycles. The normalized spacial score (nSPS) is 17.8. The van der Waals surface area contributed by atoms with Crippen molar-refractivity contribution in [3.8, 4) is 0 Å². The number of carbonyl (C=O) groups is 1. The predicted octanol–water partition coefficient (Wildman–Crippen LogP) is 2.08. The lowest BCUT2D eigenvalue weighted by Crippen LogP contribution is -2.41. The molecule has 0 aliphatic carbocycles. The van der Waals surface area contributed by atoms with E-state index in [1.54, 1.807) is 24.5 Å². The van der Waals surface area contributed by atoms with Crippen molar-refractivity contribution in [3.63, 3.8) is 0 Å². The number of nitrogens with one attached hydrogen (secondary N) is 1. The van der Waals surface area contributed by atoms with E-state index in [1.807, 2.05) is 17.5 Å². The van der Waals surface area contributed by atoms with Crippen molar-refractivity contribution in [3.05, 3.63) is 46.4 Å². The van der Waals surface area contributed by atoms with Crippen molar-refractivity contribution in [2.75, 3.05) is 24.5 Å². The zero-order chi connectivity index (χ0) is 17.5. The maximum absolute atomic E-state index is 12.0. The Labute approximate surface area is 151 Å². The van der Waals surface area contributed by atoms with Crippen molar-refractivity contribution in [2.24, 2.45) is 5.92 Å². The van der Waals surface area contributed by atoms with E-state index in [9.17, 15) is 4.79 Å². The molecular weight excluding hydrogens is 336 g/mol. The van der Waals surface area contributed by atoms with E-state index in [0.717, 1.165) is 42.3 Å². The molecule has 2 aromatic rings. The molecule has 132 valence electrons. The van der Waals surface area contributed by atoms with Gasteiger partial charge in [0.2, 0.25) is 11.9 Å². The molecule has 6 nitrogen and oxygen atoms in total. The smallest absolute Gasteiger partial charge is 0.244 e. The Hall–Kier alpha value is -2.25. The van der Waals surface area contributed by atoms with Crippen LogP contribution in [-0.2, 0) is 11.4 Å². The van der Waals surface area contributed by atoms with Crippen molar-refractivity contribution >= 4 is 29.3 Å². The molecule has 1 amide bonds. The van der Waals surface area contributed by atoms with E-state index in [0.29, 0.717) is 12.5 Å². The summed E-state index contributed by atoms with van der Waals surface area (Å²) >= 11 is 1.51. The fourth-order valence-electron chi connectivity index (χ4n) is 2.89. The number of aliphatic hydroxyl groups is 1.